The normalized spacial score (nSPS) is 15.2. The van der Waals surface area contributed by atoms with Gasteiger partial charge in [0.15, 0.2) is 5.82 Å². The maximum absolute atomic E-state index is 4.32. The summed E-state index contributed by atoms with van der Waals surface area (Å²) in [5.41, 5.74) is 1.12. The van der Waals surface area contributed by atoms with Crippen LogP contribution in [0.25, 0.3) is 11.4 Å². The number of halogens is 2. The second-order valence-electron chi connectivity index (χ2n) is 4.18. The number of rotatable bonds is 3. The van der Waals surface area contributed by atoms with E-state index < -0.39 is 0 Å². The first-order valence-electron chi connectivity index (χ1n) is 5.55. The summed E-state index contributed by atoms with van der Waals surface area (Å²) in [4.78, 5) is 0. The summed E-state index contributed by atoms with van der Waals surface area (Å²) in [5.74, 6) is 2.00. The van der Waals surface area contributed by atoms with E-state index in [-0.39, 0.29) is 0 Å². The molecule has 1 fully saturated rings. The first kappa shape index (κ1) is 11.4. The van der Waals surface area contributed by atoms with E-state index in [0.717, 1.165) is 27.0 Å². The highest BCUT2D eigenvalue weighted by Gasteiger charge is 2.29. The van der Waals surface area contributed by atoms with Crippen molar-refractivity contribution in [2.24, 2.45) is 0 Å². The van der Waals surface area contributed by atoms with Crippen LogP contribution in [0.1, 0.15) is 24.7 Å². The molecular weight excluding hydrogens is 346 g/mol. The van der Waals surface area contributed by atoms with E-state index in [4.69, 9.17) is 0 Å². The van der Waals surface area contributed by atoms with Crippen molar-refractivity contribution >= 4 is 31.9 Å². The van der Waals surface area contributed by atoms with E-state index in [9.17, 15) is 0 Å². The number of hydrogen-bond acceptors (Lipinski definition) is 2. The summed E-state index contributed by atoms with van der Waals surface area (Å²) >= 11 is 6.92. The second-order valence-corrected chi connectivity index (χ2v) is 5.66. The molecule has 0 unspecified atom stereocenters. The Bertz CT molecular complexity index is 529. The van der Waals surface area contributed by atoms with Gasteiger partial charge in [-0.2, -0.15) is 0 Å². The van der Waals surface area contributed by atoms with Crippen molar-refractivity contribution in [3.05, 3.63) is 34.6 Å². The Balaban J connectivity index is 2.07. The SMILES string of the molecule is BrCc1nnc(-c2ccc(Br)cc2)n1C1CC1. The molecule has 0 radical (unpaired) electrons. The van der Waals surface area contributed by atoms with Crippen LogP contribution >= 0.6 is 31.9 Å². The van der Waals surface area contributed by atoms with Gasteiger partial charge in [0.25, 0.3) is 0 Å². The fourth-order valence-electron chi connectivity index (χ4n) is 1.93. The third-order valence-electron chi connectivity index (χ3n) is 2.90. The van der Waals surface area contributed by atoms with Gasteiger partial charge >= 0.3 is 0 Å². The van der Waals surface area contributed by atoms with Gasteiger partial charge in [0.1, 0.15) is 5.82 Å². The van der Waals surface area contributed by atoms with Crippen LogP contribution in [-0.4, -0.2) is 14.8 Å². The highest BCUT2D eigenvalue weighted by molar-refractivity contribution is 9.10. The minimum Gasteiger partial charge on any atom is -0.307 e. The fourth-order valence-corrected chi connectivity index (χ4v) is 2.57. The Morgan fingerprint density at radius 2 is 1.88 bits per heavy atom. The number of aromatic nitrogens is 3. The summed E-state index contributed by atoms with van der Waals surface area (Å²) in [6, 6.07) is 8.82. The molecular formula is C12H11Br2N3. The average Bonchev–Trinajstić information content (AvgIpc) is 3.10. The second kappa shape index (κ2) is 4.53. The summed E-state index contributed by atoms with van der Waals surface area (Å²) in [5, 5.41) is 9.32. The Labute approximate surface area is 117 Å². The largest absolute Gasteiger partial charge is 0.307 e. The van der Waals surface area contributed by atoms with Gasteiger partial charge in [0, 0.05) is 16.1 Å². The third kappa shape index (κ3) is 2.18. The van der Waals surface area contributed by atoms with Gasteiger partial charge in [-0.05, 0) is 25.0 Å². The van der Waals surface area contributed by atoms with Crippen molar-refractivity contribution in [1.29, 1.82) is 0 Å². The van der Waals surface area contributed by atoms with Gasteiger partial charge in [-0.25, -0.2) is 0 Å². The number of hydrogen-bond donors (Lipinski definition) is 0. The van der Waals surface area contributed by atoms with Gasteiger partial charge in [-0.3, -0.25) is 0 Å². The van der Waals surface area contributed by atoms with Crippen LogP contribution in [0.2, 0.25) is 0 Å². The lowest BCUT2D eigenvalue weighted by molar-refractivity contribution is 0.714. The van der Waals surface area contributed by atoms with E-state index in [1.807, 2.05) is 12.1 Å². The van der Waals surface area contributed by atoms with E-state index in [1.54, 1.807) is 0 Å². The van der Waals surface area contributed by atoms with Crippen molar-refractivity contribution in [3.63, 3.8) is 0 Å². The van der Waals surface area contributed by atoms with E-state index in [1.165, 1.54) is 12.8 Å². The monoisotopic (exact) mass is 355 g/mol. The van der Waals surface area contributed by atoms with Gasteiger partial charge in [-0.1, -0.05) is 44.0 Å². The lowest BCUT2D eigenvalue weighted by Crippen LogP contribution is -2.01. The molecule has 1 aliphatic rings. The highest BCUT2D eigenvalue weighted by atomic mass is 79.9. The standard InChI is InChI=1S/C12H11Br2N3/c13-7-11-15-16-12(17(11)10-5-6-10)8-1-3-9(14)4-2-8/h1-4,10H,5-7H2. The van der Waals surface area contributed by atoms with Crippen molar-refractivity contribution in [3.8, 4) is 11.4 Å². The minimum atomic E-state index is 0.594. The number of alkyl halides is 1. The molecule has 88 valence electrons. The zero-order valence-corrected chi connectivity index (χ0v) is 12.3. The highest BCUT2D eigenvalue weighted by Crippen LogP contribution is 2.39. The van der Waals surface area contributed by atoms with Crippen LogP contribution in [-0.2, 0) is 5.33 Å². The van der Waals surface area contributed by atoms with Crippen LogP contribution in [0.4, 0.5) is 0 Å². The molecule has 1 heterocycles. The Morgan fingerprint density at radius 1 is 1.18 bits per heavy atom. The van der Waals surface area contributed by atoms with Crippen molar-refractivity contribution in [2.45, 2.75) is 24.2 Å². The smallest absolute Gasteiger partial charge is 0.164 e. The van der Waals surface area contributed by atoms with Crippen molar-refractivity contribution in [1.82, 2.24) is 14.8 Å². The maximum atomic E-state index is 4.32. The number of nitrogens with zero attached hydrogens (tertiary/aromatic N) is 3. The molecule has 3 nitrogen and oxygen atoms in total. The van der Waals surface area contributed by atoms with Crippen LogP contribution < -0.4 is 0 Å². The summed E-state index contributed by atoms with van der Waals surface area (Å²) in [6.45, 7) is 0. The molecule has 0 bridgehead atoms. The fraction of sp³-hybridized carbons (Fsp3) is 0.333. The zero-order valence-electron chi connectivity index (χ0n) is 9.11. The topological polar surface area (TPSA) is 30.7 Å². The van der Waals surface area contributed by atoms with Gasteiger partial charge in [0.2, 0.25) is 0 Å². The van der Waals surface area contributed by atoms with E-state index in [2.05, 4.69) is 58.8 Å². The molecule has 5 heteroatoms. The summed E-state index contributed by atoms with van der Waals surface area (Å²) in [7, 11) is 0. The third-order valence-corrected chi connectivity index (χ3v) is 3.93. The summed E-state index contributed by atoms with van der Waals surface area (Å²) in [6.07, 6.45) is 2.48. The molecule has 0 amide bonds. The number of benzene rings is 1. The van der Waals surface area contributed by atoms with E-state index in [0.29, 0.717) is 6.04 Å². The lowest BCUT2D eigenvalue weighted by Gasteiger charge is -2.07. The maximum Gasteiger partial charge on any atom is 0.164 e. The van der Waals surface area contributed by atoms with Crippen LogP contribution in [0, 0.1) is 0 Å². The molecule has 0 aliphatic heterocycles. The molecule has 3 rings (SSSR count). The van der Waals surface area contributed by atoms with E-state index >= 15 is 0 Å². The molecule has 0 N–H and O–H groups in total. The molecule has 2 aromatic rings. The van der Waals surface area contributed by atoms with Crippen molar-refractivity contribution < 1.29 is 0 Å². The van der Waals surface area contributed by atoms with Crippen LogP contribution in [0.5, 0.6) is 0 Å². The average molecular weight is 357 g/mol. The Hall–Kier alpha value is -0.680. The first-order chi connectivity index (χ1) is 8.29. The molecule has 1 aliphatic carbocycles. The first-order valence-corrected chi connectivity index (χ1v) is 7.46. The van der Waals surface area contributed by atoms with Crippen LogP contribution in [0.15, 0.2) is 28.7 Å². The molecule has 0 saturated heterocycles. The van der Waals surface area contributed by atoms with Gasteiger partial charge in [0.05, 0.1) is 5.33 Å². The Morgan fingerprint density at radius 3 is 2.47 bits per heavy atom. The Kier molecular flexibility index (Phi) is 3.04. The molecule has 1 aromatic heterocycles. The predicted octanol–water partition coefficient (Wildman–Crippen LogP) is 3.94. The van der Waals surface area contributed by atoms with Crippen molar-refractivity contribution in [2.75, 3.05) is 0 Å². The molecule has 1 aromatic carbocycles. The molecule has 0 spiro atoms. The predicted molar refractivity (Wildman–Crippen MR) is 74.1 cm³/mol. The molecule has 0 atom stereocenters. The molecule has 1 saturated carbocycles. The summed E-state index contributed by atoms with van der Waals surface area (Å²) < 4.78 is 3.34. The van der Waals surface area contributed by atoms with Gasteiger partial charge < -0.3 is 4.57 Å². The minimum absolute atomic E-state index is 0.594. The lowest BCUT2D eigenvalue weighted by atomic mass is 10.2. The quantitative estimate of drug-likeness (QED) is 0.780. The van der Waals surface area contributed by atoms with Gasteiger partial charge in [-0.15, -0.1) is 10.2 Å². The van der Waals surface area contributed by atoms with Crippen LogP contribution in [0.3, 0.4) is 0 Å². The zero-order chi connectivity index (χ0) is 11.8. The molecule has 17 heavy (non-hydrogen) atoms.